The van der Waals surface area contributed by atoms with Gasteiger partial charge < -0.3 is 10.6 Å². The predicted molar refractivity (Wildman–Crippen MR) is 115 cm³/mol. The van der Waals surface area contributed by atoms with E-state index in [1.165, 1.54) is 10.6 Å². The number of hydrogen-bond donors (Lipinski definition) is 1. The molecule has 0 saturated carbocycles. The lowest BCUT2D eigenvalue weighted by Crippen LogP contribution is -2.37. The first-order valence-corrected chi connectivity index (χ1v) is 11.0. The Morgan fingerprint density at radius 3 is 2.54 bits per heavy atom. The van der Waals surface area contributed by atoms with Gasteiger partial charge in [-0.2, -0.15) is 0 Å². The molecule has 4 rings (SSSR count). The summed E-state index contributed by atoms with van der Waals surface area (Å²) in [5.74, 6) is -0.0687. The van der Waals surface area contributed by atoms with Crippen LogP contribution in [0.1, 0.15) is 34.3 Å². The predicted octanol–water partition coefficient (Wildman–Crippen LogP) is 3.00. The quantitative estimate of drug-likeness (QED) is 0.755. The summed E-state index contributed by atoms with van der Waals surface area (Å²) < 4.78 is 25.5. The first kappa shape index (κ1) is 20.5. The zero-order valence-electron chi connectivity index (χ0n) is 15.7. The van der Waals surface area contributed by atoms with Crippen molar-refractivity contribution in [3.63, 3.8) is 0 Å². The fourth-order valence-corrected chi connectivity index (χ4v) is 5.05. The van der Waals surface area contributed by atoms with Crippen LogP contribution in [0.15, 0.2) is 36.4 Å². The van der Waals surface area contributed by atoms with E-state index in [9.17, 15) is 13.2 Å². The summed E-state index contributed by atoms with van der Waals surface area (Å²) in [6, 6.07) is 11.0. The molecule has 2 aromatic rings. The molecule has 0 spiro atoms. The van der Waals surface area contributed by atoms with Crippen LogP contribution >= 0.6 is 12.4 Å². The van der Waals surface area contributed by atoms with E-state index in [0.29, 0.717) is 24.3 Å². The van der Waals surface area contributed by atoms with Crippen molar-refractivity contribution in [3.8, 4) is 0 Å². The van der Waals surface area contributed by atoms with Gasteiger partial charge in [0.05, 0.1) is 11.9 Å². The molecule has 2 aliphatic rings. The van der Waals surface area contributed by atoms with Crippen LogP contribution in [0.3, 0.4) is 0 Å². The van der Waals surface area contributed by atoms with Gasteiger partial charge in [0.15, 0.2) is 0 Å². The highest BCUT2D eigenvalue weighted by atomic mass is 35.5. The summed E-state index contributed by atoms with van der Waals surface area (Å²) in [6.07, 6.45) is 4.49. The Morgan fingerprint density at radius 1 is 1.04 bits per heavy atom. The van der Waals surface area contributed by atoms with Crippen molar-refractivity contribution in [1.29, 1.82) is 0 Å². The fraction of sp³-hybridized carbons (Fsp3) is 0.350. The largest absolute Gasteiger partial charge is 0.398 e. The highest BCUT2D eigenvalue weighted by Gasteiger charge is 2.28. The first-order valence-electron chi connectivity index (χ1n) is 9.16. The summed E-state index contributed by atoms with van der Waals surface area (Å²) in [6.45, 7) is 1.14. The van der Waals surface area contributed by atoms with Crippen molar-refractivity contribution in [3.05, 3.63) is 53.1 Å². The second-order valence-electron chi connectivity index (χ2n) is 7.19. The highest BCUT2D eigenvalue weighted by molar-refractivity contribution is 7.92. The molecule has 0 aromatic heterocycles. The third-order valence-corrected chi connectivity index (χ3v) is 6.51. The average Bonchev–Trinajstić information content (AvgIpc) is 2.65. The second-order valence-corrected chi connectivity index (χ2v) is 9.09. The third kappa shape index (κ3) is 3.56. The van der Waals surface area contributed by atoms with Crippen LogP contribution in [-0.2, 0) is 22.9 Å². The van der Waals surface area contributed by atoms with E-state index < -0.39 is 10.0 Å². The van der Waals surface area contributed by atoms with Crippen molar-refractivity contribution in [2.24, 2.45) is 0 Å². The minimum absolute atomic E-state index is 0. The van der Waals surface area contributed by atoms with Crippen molar-refractivity contribution in [2.45, 2.75) is 25.7 Å². The number of sulfonamides is 1. The summed E-state index contributed by atoms with van der Waals surface area (Å²) in [4.78, 5) is 15.0. The second kappa shape index (κ2) is 7.64. The van der Waals surface area contributed by atoms with Gasteiger partial charge in [0, 0.05) is 30.0 Å². The van der Waals surface area contributed by atoms with E-state index in [2.05, 4.69) is 0 Å². The average molecular weight is 422 g/mol. The van der Waals surface area contributed by atoms with Gasteiger partial charge in [-0.15, -0.1) is 12.4 Å². The van der Waals surface area contributed by atoms with Crippen LogP contribution in [-0.4, -0.2) is 33.7 Å². The molecule has 2 aromatic carbocycles. The summed E-state index contributed by atoms with van der Waals surface area (Å²) in [5.41, 5.74) is 10.9. The monoisotopic (exact) mass is 421 g/mol. The van der Waals surface area contributed by atoms with Gasteiger partial charge in [-0.25, -0.2) is 8.42 Å². The SMILES string of the molecule is CS(=O)(=O)N1CCCc2cc(C(=O)N3CCCc4c(N)cccc43)ccc21.Cl. The molecule has 0 aliphatic carbocycles. The molecule has 0 radical (unpaired) electrons. The molecular formula is C20H24ClN3O3S. The number of amides is 1. The number of carbonyl (C=O) groups excluding carboxylic acids is 1. The van der Waals surface area contributed by atoms with Crippen molar-refractivity contribution in [1.82, 2.24) is 0 Å². The van der Waals surface area contributed by atoms with Crippen molar-refractivity contribution < 1.29 is 13.2 Å². The Morgan fingerprint density at radius 2 is 1.79 bits per heavy atom. The van der Waals surface area contributed by atoms with E-state index in [1.54, 1.807) is 17.0 Å². The number of rotatable bonds is 2. The van der Waals surface area contributed by atoms with Crippen molar-refractivity contribution >= 4 is 45.4 Å². The Hall–Kier alpha value is -2.25. The molecular weight excluding hydrogens is 398 g/mol. The van der Waals surface area contributed by atoms with Gasteiger partial charge in [0.1, 0.15) is 0 Å². The minimum atomic E-state index is -3.31. The summed E-state index contributed by atoms with van der Waals surface area (Å²) in [5, 5.41) is 0. The molecule has 0 unspecified atom stereocenters. The number of benzene rings is 2. The summed E-state index contributed by atoms with van der Waals surface area (Å²) >= 11 is 0. The number of nitrogen functional groups attached to an aromatic ring is 1. The summed E-state index contributed by atoms with van der Waals surface area (Å²) in [7, 11) is -3.31. The van der Waals surface area contributed by atoms with Gasteiger partial charge >= 0.3 is 0 Å². The molecule has 150 valence electrons. The van der Waals surface area contributed by atoms with E-state index in [1.807, 2.05) is 24.3 Å². The fourth-order valence-electron chi connectivity index (χ4n) is 4.06. The third-order valence-electron chi connectivity index (χ3n) is 5.33. The molecule has 1 amide bonds. The molecule has 2 N–H and O–H groups in total. The van der Waals surface area contributed by atoms with Gasteiger partial charge in [-0.1, -0.05) is 6.07 Å². The number of carbonyl (C=O) groups is 1. The smallest absolute Gasteiger partial charge is 0.258 e. The molecule has 2 aliphatic heterocycles. The van der Waals surface area contributed by atoms with Gasteiger partial charge in [-0.05, 0) is 67.1 Å². The van der Waals surface area contributed by atoms with Crippen LogP contribution in [0.5, 0.6) is 0 Å². The topological polar surface area (TPSA) is 83.7 Å². The van der Waals surface area contributed by atoms with E-state index in [-0.39, 0.29) is 18.3 Å². The van der Waals surface area contributed by atoms with Crippen molar-refractivity contribution in [2.75, 3.05) is 34.3 Å². The Kier molecular flexibility index (Phi) is 5.59. The number of nitrogens with zero attached hydrogens (tertiary/aromatic N) is 2. The number of fused-ring (bicyclic) bond motifs is 2. The van der Waals surface area contributed by atoms with Gasteiger partial charge in [0.25, 0.3) is 5.91 Å². The number of anilines is 3. The molecule has 0 bridgehead atoms. The first-order chi connectivity index (χ1) is 12.9. The van der Waals surface area contributed by atoms with Crippen LogP contribution in [0.2, 0.25) is 0 Å². The lowest BCUT2D eigenvalue weighted by Gasteiger charge is -2.32. The lowest BCUT2D eigenvalue weighted by atomic mass is 9.97. The zero-order chi connectivity index (χ0) is 19.2. The minimum Gasteiger partial charge on any atom is -0.398 e. The van der Waals surface area contributed by atoms with Gasteiger partial charge in [0.2, 0.25) is 10.0 Å². The van der Waals surface area contributed by atoms with Gasteiger partial charge in [-0.3, -0.25) is 9.10 Å². The standard InChI is InChI=1S/C20H23N3O3S.ClH/c1-27(25,26)23-12-3-5-14-13-15(9-10-18(14)23)20(24)22-11-4-6-16-17(21)7-2-8-19(16)22;/h2,7-10,13H,3-6,11-12,21H2,1H3;1H. The molecule has 0 saturated heterocycles. The molecule has 0 atom stereocenters. The number of hydrogen-bond acceptors (Lipinski definition) is 4. The molecule has 2 heterocycles. The molecule has 8 heteroatoms. The molecule has 0 fully saturated rings. The van der Waals surface area contributed by atoms with E-state index in [0.717, 1.165) is 48.2 Å². The number of nitrogens with two attached hydrogens (primary N) is 1. The van der Waals surface area contributed by atoms with Crippen LogP contribution in [0, 0.1) is 0 Å². The van der Waals surface area contributed by atoms with Crippen LogP contribution < -0.4 is 14.9 Å². The van der Waals surface area contributed by atoms with Crippen LogP contribution in [0.4, 0.5) is 17.1 Å². The molecule has 28 heavy (non-hydrogen) atoms. The molecule has 6 nitrogen and oxygen atoms in total. The highest BCUT2D eigenvalue weighted by Crippen LogP contribution is 2.34. The maximum atomic E-state index is 13.2. The zero-order valence-corrected chi connectivity index (χ0v) is 17.4. The normalized spacial score (nSPS) is 16.0. The Bertz CT molecular complexity index is 1020. The van der Waals surface area contributed by atoms with E-state index >= 15 is 0 Å². The Labute approximate surface area is 171 Å². The lowest BCUT2D eigenvalue weighted by molar-refractivity contribution is 0.0985. The maximum Gasteiger partial charge on any atom is 0.258 e. The Balaban J connectivity index is 0.00000225. The van der Waals surface area contributed by atoms with E-state index in [4.69, 9.17) is 5.73 Å². The number of halogens is 1. The maximum absolute atomic E-state index is 13.2. The van der Waals surface area contributed by atoms with Crippen LogP contribution in [0.25, 0.3) is 0 Å². The number of aryl methyl sites for hydroxylation is 1.